The van der Waals surface area contributed by atoms with Crippen molar-refractivity contribution in [1.82, 2.24) is 0 Å². The Hall–Kier alpha value is -1.84. The Balaban J connectivity index is 1.96. The SMILES string of the molecule is C=CCO[C@@H]1[C@@H](O)[C@H](O)O[C@H](CO[Si](c2ccccc2)(c2ccccc2)C(C)(C)C)[C@@H]1O. The van der Waals surface area contributed by atoms with Crippen molar-refractivity contribution in [1.29, 1.82) is 0 Å². The first-order valence-corrected chi connectivity index (χ1v) is 12.8. The number of benzene rings is 2. The molecular formula is C25H34O6Si. The van der Waals surface area contributed by atoms with Gasteiger partial charge in [0.2, 0.25) is 0 Å². The lowest BCUT2D eigenvalue weighted by Gasteiger charge is -2.45. The molecule has 2 aromatic carbocycles. The first kappa shape index (κ1) is 24.8. The maximum atomic E-state index is 10.9. The quantitative estimate of drug-likeness (QED) is 0.411. The summed E-state index contributed by atoms with van der Waals surface area (Å²) in [5.41, 5.74) is 0. The predicted octanol–water partition coefficient (Wildman–Crippen LogP) is 1.57. The van der Waals surface area contributed by atoms with E-state index in [1.165, 1.54) is 6.08 Å². The fourth-order valence-electron chi connectivity index (χ4n) is 4.40. The normalized spacial score (nSPS) is 26.6. The largest absolute Gasteiger partial charge is 0.405 e. The summed E-state index contributed by atoms with van der Waals surface area (Å²) in [6.07, 6.45) is -4.38. The van der Waals surface area contributed by atoms with E-state index in [-0.39, 0.29) is 18.3 Å². The maximum absolute atomic E-state index is 10.9. The molecule has 0 spiro atoms. The van der Waals surface area contributed by atoms with Crippen LogP contribution < -0.4 is 10.4 Å². The van der Waals surface area contributed by atoms with Crippen LogP contribution in [0.25, 0.3) is 0 Å². The second-order valence-electron chi connectivity index (χ2n) is 9.11. The molecule has 0 amide bonds. The lowest BCUT2D eigenvalue weighted by molar-refractivity contribution is -0.292. The van der Waals surface area contributed by atoms with Gasteiger partial charge in [0.1, 0.15) is 24.4 Å². The number of hydrogen-bond donors (Lipinski definition) is 3. The molecule has 0 radical (unpaired) electrons. The van der Waals surface area contributed by atoms with Gasteiger partial charge in [-0.3, -0.25) is 0 Å². The van der Waals surface area contributed by atoms with Gasteiger partial charge in [0.05, 0.1) is 13.2 Å². The fourth-order valence-corrected chi connectivity index (χ4v) is 8.97. The van der Waals surface area contributed by atoms with E-state index in [1.54, 1.807) is 0 Å². The van der Waals surface area contributed by atoms with E-state index in [0.29, 0.717) is 0 Å². The summed E-state index contributed by atoms with van der Waals surface area (Å²) in [7, 11) is -2.84. The molecule has 7 heteroatoms. The van der Waals surface area contributed by atoms with Crippen molar-refractivity contribution in [2.75, 3.05) is 13.2 Å². The molecule has 0 aliphatic carbocycles. The summed E-state index contributed by atoms with van der Waals surface area (Å²) in [6.45, 7) is 10.2. The Kier molecular flexibility index (Phi) is 8.05. The molecule has 0 aromatic heterocycles. The average Bonchev–Trinajstić information content (AvgIpc) is 2.78. The number of hydrogen-bond acceptors (Lipinski definition) is 6. The van der Waals surface area contributed by atoms with Gasteiger partial charge < -0.3 is 29.2 Å². The molecule has 0 saturated carbocycles. The zero-order valence-corrected chi connectivity index (χ0v) is 19.9. The Morgan fingerprint density at radius 3 is 1.94 bits per heavy atom. The molecule has 1 heterocycles. The van der Waals surface area contributed by atoms with Crippen molar-refractivity contribution in [3.05, 3.63) is 73.3 Å². The summed E-state index contributed by atoms with van der Waals surface area (Å²) in [5.74, 6) is 0. The van der Waals surface area contributed by atoms with Crippen LogP contribution in [0.4, 0.5) is 0 Å². The minimum Gasteiger partial charge on any atom is -0.405 e. The highest BCUT2D eigenvalue weighted by molar-refractivity contribution is 6.99. The van der Waals surface area contributed by atoms with Crippen molar-refractivity contribution < 1.29 is 29.2 Å². The molecule has 0 unspecified atom stereocenters. The molecule has 1 fully saturated rings. The second-order valence-corrected chi connectivity index (χ2v) is 13.4. The first-order valence-electron chi connectivity index (χ1n) is 10.9. The van der Waals surface area contributed by atoms with Crippen LogP contribution in [0.15, 0.2) is 73.3 Å². The summed E-state index contributed by atoms with van der Waals surface area (Å²) in [4.78, 5) is 0. The minimum absolute atomic E-state index is 0.0339. The Labute approximate surface area is 191 Å². The van der Waals surface area contributed by atoms with Gasteiger partial charge in [-0.15, -0.1) is 6.58 Å². The molecule has 174 valence electrons. The number of rotatable bonds is 8. The molecular weight excluding hydrogens is 424 g/mol. The summed E-state index contributed by atoms with van der Waals surface area (Å²) >= 11 is 0. The van der Waals surface area contributed by atoms with E-state index in [4.69, 9.17) is 13.9 Å². The predicted molar refractivity (Wildman–Crippen MR) is 126 cm³/mol. The van der Waals surface area contributed by atoms with Crippen molar-refractivity contribution in [2.24, 2.45) is 0 Å². The number of aliphatic hydroxyl groups excluding tert-OH is 3. The van der Waals surface area contributed by atoms with Crippen LogP contribution >= 0.6 is 0 Å². The zero-order chi connectivity index (χ0) is 23.4. The number of ether oxygens (including phenoxy) is 2. The van der Waals surface area contributed by atoms with E-state index >= 15 is 0 Å². The second kappa shape index (κ2) is 10.4. The Morgan fingerprint density at radius 1 is 0.938 bits per heavy atom. The average molecular weight is 459 g/mol. The molecule has 1 saturated heterocycles. The van der Waals surface area contributed by atoms with E-state index in [0.717, 1.165) is 10.4 Å². The van der Waals surface area contributed by atoms with Crippen molar-refractivity contribution in [3.8, 4) is 0 Å². The Morgan fingerprint density at radius 2 is 1.47 bits per heavy atom. The van der Waals surface area contributed by atoms with Gasteiger partial charge in [0.25, 0.3) is 8.32 Å². The van der Waals surface area contributed by atoms with Crippen molar-refractivity contribution in [3.63, 3.8) is 0 Å². The highest BCUT2D eigenvalue weighted by Crippen LogP contribution is 2.37. The topological polar surface area (TPSA) is 88.4 Å². The van der Waals surface area contributed by atoms with Crippen molar-refractivity contribution in [2.45, 2.75) is 56.5 Å². The van der Waals surface area contributed by atoms with E-state index < -0.39 is 39.0 Å². The summed E-state index contributed by atoms with van der Waals surface area (Å²) in [6, 6.07) is 20.3. The molecule has 32 heavy (non-hydrogen) atoms. The molecule has 3 N–H and O–H groups in total. The standard InChI is InChI=1S/C25H34O6Si/c1-5-16-29-23-21(26)20(31-24(28)22(23)27)17-30-32(25(2,3)4,18-12-8-6-9-13-18)19-14-10-7-11-15-19/h5-15,20-24,26-28H,1,16-17H2,2-4H3/t20-,21+,22-,23+,24-/m1/s1. The van der Waals surface area contributed by atoms with E-state index in [9.17, 15) is 15.3 Å². The van der Waals surface area contributed by atoms with Gasteiger partial charge in [-0.2, -0.15) is 0 Å². The van der Waals surface area contributed by atoms with E-state index in [2.05, 4.69) is 51.6 Å². The minimum atomic E-state index is -2.84. The van der Waals surface area contributed by atoms with Crippen LogP contribution in [0.2, 0.25) is 5.04 Å². The number of aliphatic hydroxyl groups is 3. The first-order chi connectivity index (χ1) is 15.2. The monoisotopic (exact) mass is 458 g/mol. The molecule has 1 aliphatic rings. The fraction of sp³-hybridized carbons (Fsp3) is 0.440. The maximum Gasteiger partial charge on any atom is 0.261 e. The highest BCUT2D eigenvalue weighted by atomic mass is 28.4. The lowest BCUT2D eigenvalue weighted by Crippen LogP contribution is -2.68. The molecule has 0 bridgehead atoms. The van der Waals surface area contributed by atoms with Crippen LogP contribution in [-0.2, 0) is 13.9 Å². The molecule has 1 aliphatic heterocycles. The molecule has 2 aromatic rings. The van der Waals surface area contributed by atoms with Gasteiger partial charge in [-0.05, 0) is 15.4 Å². The van der Waals surface area contributed by atoms with Crippen LogP contribution in [0.3, 0.4) is 0 Å². The zero-order valence-electron chi connectivity index (χ0n) is 18.9. The van der Waals surface area contributed by atoms with Crippen LogP contribution in [0.1, 0.15) is 20.8 Å². The van der Waals surface area contributed by atoms with E-state index in [1.807, 2.05) is 36.4 Å². The molecule has 5 atom stereocenters. The van der Waals surface area contributed by atoms with Gasteiger partial charge in [0, 0.05) is 0 Å². The summed E-state index contributed by atoms with van der Waals surface area (Å²) < 4.78 is 17.9. The summed E-state index contributed by atoms with van der Waals surface area (Å²) in [5, 5.41) is 33.3. The van der Waals surface area contributed by atoms with Gasteiger partial charge >= 0.3 is 0 Å². The third kappa shape index (κ3) is 4.89. The van der Waals surface area contributed by atoms with Gasteiger partial charge in [-0.1, -0.05) is 87.5 Å². The van der Waals surface area contributed by atoms with Crippen LogP contribution in [0, 0.1) is 0 Å². The molecule has 6 nitrogen and oxygen atoms in total. The third-order valence-electron chi connectivity index (χ3n) is 5.95. The van der Waals surface area contributed by atoms with Crippen LogP contribution in [0.5, 0.6) is 0 Å². The van der Waals surface area contributed by atoms with Gasteiger partial charge in [0.15, 0.2) is 6.29 Å². The lowest BCUT2D eigenvalue weighted by atomic mass is 9.99. The smallest absolute Gasteiger partial charge is 0.261 e. The van der Waals surface area contributed by atoms with Gasteiger partial charge in [-0.25, -0.2) is 0 Å². The molecule has 3 rings (SSSR count). The van der Waals surface area contributed by atoms with Crippen LogP contribution in [-0.4, -0.2) is 67.6 Å². The third-order valence-corrected chi connectivity index (χ3v) is 11.0. The highest BCUT2D eigenvalue weighted by Gasteiger charge is 2.52. The van der Waals surface area contributed by atoms with Crippen molar-refractivity contribution >= 4 is 18.7 Å². The Bertz CT molecular complexity index is 814.